The summed E-state index contributed by atoms with van der Waals surface area (Å²) in [7, 11) is -2.13. The summed E-state index contributed by atoms with van der Waals surface area (Å²) in [5, 5.41) is 3.88. The second kappa shape index (κ2) is 14.6. The van der Waals surface area contributed by atoms with Crippen molar-refractivity contribution < 1.29 is 22.4 Å². The third-order valence-corrected chi connectivity index (χ3v) is 11.0. The van der Waals surface area contributed by atoms with Gasteiger partial charge in [0.15, 0.2) is 11.2 Å². The van der Waals surface area contributed by atoms with Gasteiger partial charge in [0, 0.05) is 37.6 Å². The van der Waals surface area contributed by atoms with Crippen molar-refractivity contribution in [2.24, 2.45) is 0 Å². The number of likely N-dealkylation sites (tertiary alicyclic amines) is 1. The predicted octanol–water partition coefficient (Wildman–Crippen LogP) is 6.59. The van der Waals surface area contributed by atoms with Crippen LogP contribution in [0, 0.1) is 0 Å². The third-order valence-electron chi connectivity index (χ3n) is 9.57. The molecule has 0 radical (unpaired) electrons. The van der Waals surface area contributed by atoms with Crippen LogP contribution in [-0.2, 0) is 27.8 Å². The number of rotatable bonds is 10. The average molecular weight is 702 g/mol. The van der Waals surface area contributed by atoms with Crippen LogP contribution in [0.2, 0.25) is 5.02 Å². The Bertz CT molecular complexity index is 2070. The number of fused-ring (bicyclic) bond motifs is 1. The van der Waals surface area contributed by atoms with Crippen LogP contribution in [0.25, 0.3) is 11.0 Å². The van der Waals surface area contributed by atoms with E-state index in [0.717, 1.165) is 60.8 Å². The standard InChI is InChI=1S/C38H40ClN3O6S/c1-41(49(2,46)47)31-17-18-35-33(22-31)34(43)23-36(48-35)38(45)40-30(21-26-11-15-29(39)16-12-26)20-25-9-13-27(14-10-25)32-7-4-3-6-28(32)24-42-19-5-8-37(42)44/h3-4,6-7,11-12,15-18,20,22-23,27,30H,5,8-10,13-14,19,21,24H2,1-2H3,(H,40,45). The summed E-state index contributed by atoms with van der Waals surface area (Å²) in [4.78, 5) is 40.9. The molecule has 1 saturated carbocycles. The van der Waals surface area contributed by atoms with E-state index in [2.05, 4.69) is 29.6 Å². The zero-order chi connectivity index (χ0) is 34.7. The summed E-state index contributed by atoms with van der Waals surface area (Å²) in [5.74, 6) is -0.0313. The van der Waals surface area contributed by atoms with Gasteiger partial charge in [0.2, 0.25) is 15.9 Å². The molecule has 0 bridgehead atoms. The highest BCUT2D eigenvalue weighted by Crippen LogP contribution is 2.38. The molecule has 1 aliphatic carbocycles. The minimum atomic E-state index is -3.53. The number of sulfonamides is 1. The summed E-state index contributed by atoms with van der Waals surface area (Å²) in [6, 6.07) is 21.2. The molecule has 2 aliphatic rings. The van der Waals surface area contributed by atoms with Crippen LogP contribution in [0.5, 0.6) is 0 Å². The largest absolute Gasteiger partial charge is 0.451 e. The lowest BCUT2D eigenvalue weighted by Crippen LogP contribution is -2.36. The van der Waals surface area contributed by atoms with Crippen LogP contribution in [0.1, 0.15) is 71.7 Å². The molecule has 9 nitrogen and oxygen atoms in total. The summed E-state index contributed by atoms with van der Waals surface area (Å²) in [6.45, 7) is 1.48. The van der Waals surface area contributed by atoms with E-state index in [1.165, 1.54) is 41.9 Å². The highest BCUT2D eigenvalue weighted by Gasteiger charge is 2.26. The van der Waals surface area contributed by atoms with Gasteiger partial charge in [-0.3, -0.25) is 18.7 Å². The zero-order valence-electron chi connectivity index (χ0n) is 27.7. The molecule has 1 N–H and O–H groups in total. The molecule has 256 valence electrons. The van der Waals surface area contributed by atoms with Crippen molar-refractivity contribution in [3.63, 3.8) is 0 Å². The fourth-order valence-corrected chi connectivity index (χ4v) is 7.44. The van der Waals surface area contributed by atoms with Gasteiger partial charge in [-0.2, -0.15) is 0 Å². The second-order valence-corrected chi connectivity index (χ2v) is 15.5. The van der Waals surface area contributed by atoms with Crippen LogP contribution in [0.3, 0.4) is 0 Å². The highest BCUT2D eigenvalue weighted by molar-refractivity contribution is 7.92. The molecule has 0 spiro atoms. The molecule has 1 aromatic heterocycles. The molecule has 1 atom stereocenters. The summed E-state index contributed by atoms with van der Waals surface area (Å²) in [5.41, 5.74) is 4.83. The molecule has 1 unspecified atom stereocenters. The average Bonchev–Trinajstić information content (AvgIpc) is 3.49. The Morgan fingerprint density at radius 2 is 1.78 bits per heavy atom. The normalized spacial score (nSPS) is 17.3. The Balaban J connectivity index is 1.20. The smallest absolute Gasteiger partial charge is 0.287 e. The van der Waals surface area contributed by atoms with Gasteiger partial charge in [-0.15, -0.1) is 0 Å². The van der Waals surface area contributed by atoms with Crippen LogP contribution < -0.4 is 15.1 Å². The number of amides is 2. The Labute approximate surface area is 291 Å². The van der Waals surface area contributed by atoms with Gasteiger partial charge in [-0.25, -0.2) is 8.42 Å². The van der Waals surface area contributed by atoms with Gasteiger partial charge >= 0.3 is 0 Å². The zero-order valence-corrected chi connectivity index (χ0v) is 29.2. The van der Waals surface area contributed by atoms with E-state index in [4.69, 9.17) is 16.0 Å². The lowest BCUT2D eigenvalue weighted by atomic mass is 9.79. The van der Waals surface area contributed by atoms with Crippen LogP contribution in [-0.4, -0.2) is 51.0 Å². The maximum Gasteiger partial charge on any atom is 0.287 e. The number of nitrogens with zero attached hydrogens (tertiary/aromatic N) is 2. The summed E-state index contributed by atoms with van der Waals surface area (Å²) < 4.78 is 30.9. The summed E-state index contributed by atoms with van der Waals surface area (Å²) in [6.07, 6.45) is 8.97. The molecule has 1 aliphatic heterocycles. The molecule has 1 saturated heterocycles. The number of anilines is 1. The Morgan fingerprint density at radius 1 is 1.04 bits per heavy atom. The highest BCUT2D eigenvalue weighted by atomic mass is 35.5. The lowest BCUT2D eigenvalue weighted by Gasteiger charge is -2.28. The van der Waals surface area contributed by atoms with Crippen LogP contribution >= 0.6 is 11.6 Å². The monoisotopic (exact) mass is 701 g/mol. The minimum Gasteiger partial charge on any atom is -0.451 e. The molecule has 3 aromatic carbocycles. The predicted molar refractivity (Wildman–Crippen MR) is 193 cm³/mol. The number of hydrogen-bond donors (Lipinski definition) is 1. The van der Waals surface area contributed by atoms with Crippen LogP contribution in [0.15, 0.2) is 93.7 Å². The fourth-order valence-electron chi connectivity index (χ4n) is 6.81. The Morgan fingerprint density at radius 3 is 2.47 bits per heavy atom. The van der Waals surface area contributed by atoms with E-state index in [1.54, 1.807) is 0 Å². The third kappa shape index (κ3) is 8.25. The number of halogens is 1. The van der Waals surface area contributed by atoms with Gasteiger partial charge in [-0.1, -0.05) is 59.6 Å². The molecule has 11 heteroatoms. The quantitative estimate of drug-likeness (QED) is 0.187. The van der Waals surface area contributed by atoms with Crippen molar-refractivity contribution in [1.29, 1.82) is 0 Å². The molecule has 2 fully saturated rings. The molecule has 4 aromatic rings. The molecule has 2 amide bonds. The lowest BCUT2D eigenvalue weighted by molar-refractivity contribution is -0.128. The summed E-state index contributed by atoms with van der Waals surface area (Å²) >= 11 is 6.13. The van der Waals surface area contributed by atoms with E-state index in [1.807, 2.05) is 35.2 Å². The van der Waals surface area contributed by atoms with Crippen LogP contribution in [0.4, 0.5) is 5.69 Å². The van der Waals surface area contributed by atoms with E-state index < -0.39 is 21.4 Å². The van der Waals surface area contributed by atoms with Crippen molar-refractivity contribution in [2.45, 2.75) is 63.5 Å². The van der Waals surface area contributed by atoms with E-state index in [-0.39, 0.29) is 28.7 Å². The number of hydrogen-bond acceptors (Lipinski definition) is 6. The number of benzene rings is 3. The first kappa shape index (κ1) is 34.5. The first-order valence-electron chi connectivity index (χ1n) is 16.6. The van der Waals surface area contributed by atoms with Gasteiger partial charge < -0.3 is 14.6 Å². The van der Waals surface area contributed by atoms with E-state index in [9.17, 15) is 22.8 Å². The first-order chi connectivity index (χ1) is 23.4. The van der Waals surface area contributed by atoms with Crippen molar-refractivity contribution in [3.8, 4) is 0 Å². The minimum absolute atomic E-state index is 0.127. The van der Waals surface area contributed by atoms with Crippen molar-refractivity contribution >= 4 is 50.1 Å². The maximum atomic E-state index is 13.6. The number of allylic oxidation sites excluding steroid dienone is 1. The molecular formula is C38H40ClN3O6S. The second-order valence-electron chi connectivity index (χ2n) is 13.0. The number of nitrogens with one attached hydrogen (secondary N) is 1. The van der Waals surface area contributed by atoms with Crippen molar-refractivity contribution in [3.05, 3.63) is 122 Å². The van der Waals surface area contributed by atoms with Crippen molar-refractivity contribution in [1.82, 2.24) is 10.2 Å². The maximum absolute atomic E-state index is 13.6. The number of carbonyl (C=O) groups is 2. The molecule has 49 heavy (non-hydrogen) atoms. The van der Waals surface area contributed by atoms with Gasteiger partial charge in [-0.05, 0) is 91.5 Å². The fraction of sp³-hybridized carbons (Fsp3) is 0.342. The number of carbonyl (C=O) groups excluding carboxylic acids is 2. The molecule has 2 heterocycles. The van der Waals surface area contributed by atoms with E-state index in [0.29, 0.717) is 36.0 Å². The SMILES string of the molecule is CN(c1ccc2oc(C(=O)NC(C=C3CCC(c4ccccc4CN4CCCC4=O)CC3)Cc3ccc(Cl)cc3)cc(=O)c2c1)S(C)(=O)=O. The van der Waals surface area contributed by atoms with Crippen molar-refractivity contribution in [2.75, 3.05) is 24.2 Å². The Hall–Kier alpha value is -4.41. The molecular weight excluding hydrogens is 662 g/mol. The Kier molecular flexibility index (Phi) is 10.3. The topological polar surface area (TPSA) is 117 Å². The molecule has 6 rings (SSSR count). The first-order valence-corrected chi connectivity index (χ1v) is 18.8. The van der Waals surface area contributed by atoms with Gasteiger partial charge in [0.05, 0.1) is 23.4 Å². The van der Waals surface area contributed by atoms with Gasteiger partial charge in [0.1, 0.15) is 5.58 Å². The van der Waals surface area contributed by atoms with Gasteiger partial charge in [0.25, 0.3) is 5.91 Å². The van der Waals surface area contributed by atoms with E-state index >= 15 is 0 Å².